The highest BCUT2D eigenvalue weighted by Crippen LogP contribution is 2.23. The van der Waals surface area contributed by atoms with Gasteiger partial charge in [0.2, 0.25) is 5.91 Å². The lowest BCUT2D eigenvalue weighted by atomic mass is 10.1. The minimum Gasteiger partial charge on any atom is -0.399 e. The highest BCUT2D eigenvalue weighted by atomic mass is 16.2. The van der Waals surface area contributed by atoms with E-state index in [-0.39, 0.29) is 6.54 Å². The normalized spacial score (nSPS) is 13.2. The Hall–Kier alpha value is -3.15. The number of benzene rings is 2. The molecule has 0 aromatic heterocycles. The molecule has 0 bridgehead atoms. The van der Waals surface area contributed by atoms with Gasteiger partial charge in [-0.15, -0.1) is 0 Å². The van der Waals surface area contributed by atoms with Gasteiger partial charge in [0.1, 0.15) is 6.54 Å². The fourth-order valence-electron chi connectivity index (χ4n) is 2.49. The van der Waals surface area contributed by atoms with Crippen molar-refractivity contribution in [1.82, 2.24) is 4.90 Å². The molecule has 3 N–H and O–H groups in total. The van der Waals surface area contributed by atoms with Gasteiger partial charge in [-0.2, -0.15) is 0 Å². The van der Waals surface area contributed by atoms with Gasteiger partial charge >= 0.3 is 0 Å². The minimum absolute atomic E-state index is 0.324. The number of hydrogen-bond acceptors (Lipinski definition) is 4. The first-order chi connectivity index (χ1) is 11.0. The van der Waals surface area contributed by atoms with Crippen LogP contribution in [0.5, 0.6) is 0 Å². The zero-order chi connectivity index (χ0) is 16.6. The van der Waals surface area contributed by atoms with Gasteiger partial charge in [0, 0.05) is 11.4 Å². The van der Waals surface area contributed by atoms with Gasteiger partial charge in [-0.05, 0) is 36.8 Å². The molecule has 3 rings (SSSR count). The Bertz CT molecular complexity index is 795. The molecule has 3 amide bonds. The van der Waals surface area contributed by atoms with Crippen molar-refractivity contribution in [2.75, 3.05) is 17.6 Å². The summed E-state index contributed by atoms with van der Waals surface area (Å²) in [6, 6.07) is 11.7. The molecule has 1 aliphatic rings. The fourth-order valence-corrected chi connectivity index (χ4v) is 2.49. The zero-order valence-electron chi connectivity index (χ0n) is 12.5. The predicted molar refractivity (Wildman–Crippen MR) is 86.0 cm³/mol. The van der Waals surface area contributed by atoms with Crippen molar-refractivity contribution >= 4 is 29.1 Å². The lowest BCUT2D eigenvalue weighted by Crippen LogP contribution is -2.37. The molecule has 1 heterocycles. The molecular weight excluding hydrogens is 294 g/mol. The van der Waals surface area contributed by atoms with E-state index in [2.05, 4.69) is 5.32 Å². The third kappa shape index (κ3) is 2.66. The standard InChI is InChI=1S/C17H15N3O3/c1-10-6-7-11(18)8-14(10)19-15(21)9-20-16(22)12-4-2-3-5-13(12)17(20)23/h2-8H,9,18H2,1H3,(H,19,21). The Kier molecular flexibility index (Phi) is 3.57. The number of imide groups is 1. The number of fused-ring (bicyclic) bond motifs is 1. The van der Waals surface area contributed by atoms with E-state index in [9.17, 15) is 14.4 Å². The maximum atomic E-state index is 12.2. The third-order valence-electron chi connectivity index (χ3n) is 3.72. The molecular formula is C17H15N3O3. The van der Waals surface area contributed by atoms with E-state index in [0.717, 1.165) is 10.5 Å². The number of carbonyl (C=O) groups excluding carboxylic acids is 3. The molecule has 0 saturated carbocycles. The van der Waals surface area contributed by atoms with Crippen LogP contribution in [0.25, 0.3) is 0 Å². The van der Waals surface area contributed by atoms with E-state index in [1.165, 1.54) is 0 Å². The summed E-state index contributed by atoms with van der Waals surface area (Å²) in [5.74, 6) is -1.36. The van der Waals surface area contributed by atoms with E-state index in [1.807, 2.05) is 6.92 Å². The van der Waals surface area contributed by atoms with E-state index in [4.69, 9.17) is 5.73 Å². The van der Waals surface area contributed by atoms with E-state index in [1.54, 1.807) is 42.5 Å². The molecule has 1 aliphatic heterocycles. The van der Waals surface area contributed by atoms with Crippen molar-refractivity contribution in [1.29, 1.82) is 0 Å². The molecule has 116 valence electrons. The maximum absolute atomic E-state index is 12.2. The van der Waals surface area contributed by atoms with Crippen molar-refractivity contribution in [3.63, 3.8) is 0 Å². The number of hydrogen-bond donors (Lipinski definition) is 2. The van der Waals surface area contributed by atoms with E-state index in [0.29, 0.717) is 22.5 Å². The second kappa shape index (κ2) is 5.57. The molecule has 0 fully saturated rings. The van der Waals surface area contributed by atoms with Gasteiger partial charge in [0.15, 0.2) is 0 Å². The van der Waals surface area contributed by atoms with Crippen molar-refractivity contribution in [2.45, 2.75) is 6.92 Å². The van der Waals surface area contributed by atoms with Gasteiger partial charge < -0.3 is 11.1 Å². The molecule has 23 heavy (non-hydrogen) atoms. The SMILES string of the molecule is Cc1ccc(N)cc1NC(=O)CN1C(=O)c2ccccc2C1=O. The van der Waals surface area contributed by atoms with Crippen LogP contribution in [0.1, 0.15) is 26.3 Å². The molecule has 0 radical (unpaired) electrons. The average molecular weight is 309 g/mol. The number of nitrogen functional groups attached to an aromatic ring is 1. The van der Waals surface area contributed by atoms with Gasteiger partial charge in [0.05, 0.1) is 11.1 Å². The first kappa shape index (κ1) is 14.8. The van der Waals surface area contributed by atoms with Gasteiger partial charge in [-0.3, -0.25) is 19.3 Å². The number of rotatable bonds is 3. The van der Waals surface area contributed by atoms with Crippen LogP contribution < -0.4 is 11.1 Å². The first-order valence-electron chi connectivity index (χ1n) is 7.08. The summed E-state index contributed by atoms with van der Waals surface area (Å²) in [5, 5.41) is 2.68. The van der Waals surface area contributed by atoms with Crippen LogP contribution in [0.2, 0.25) is 0 Å². The largest absolute Gasteiger partial charge is 0.399 e. The van der Waals surface area contributed by atoms with Crippen molar-refractivity contribution < 1.29 is 14.4 Å². The summed E-state index contributed by atoms with van der Waals surface area (Å²) in [7, 11) is 0. The number of aryl methyl sites for hydroxylation is 1. The summed E-state index contributed by atoms with van der Waals surface area (Å²) in [6.07, 6.45) is 0. The predicted octanol–water partition coefficient (Wildman–Crippen LogP) is 1.81. The molecule has 2 aromatic rings. The lowest BCUT2D eigenvalue weighted by molar-refractivity contribution is -0.116. The number of anilines is 2. The second-order valence-electron chi connectivity index (χ2n) is 5.36. The third-order valence-corrected chi connectivity index (χ3v) is 3.72. The fraction of sp³-hybridized carbons (Fsp3) is 0.118. The summed E-state index contributed by atoms with van der Waals surface area (Å²) >= 11 is 0. The molecule has 0 spiro atoms. The highest BCUT2D eigenvalue weighted by molar-refractivity contribution is 6.22. The first-order valence-corrected chi connectivity index (χ1v) is 7.08. The molecule has 0 saturated heterocycles. The summed E-state index contributed by atoms with van der Waals surface area (Å²) in [6.45, 7) is 1.50. The Labute approximate surface area is 132 Å². The Morgan fingerprint density at radius 1 is 1.09 bits per heavy atom. The van der Waals surface area contributed by atoms with Gasteiger partial charge in [0.25, 0.3) is 11.8 Å². The number of carbonyl (C=O) groups is 3. The number of amides is 3. The maximum Gasteiger partial charge on any atom is 0.262 e. The average Bonchev–Trinajstić information content (AvgIpc) is 2.76. The molecule has 0 aliphatic carbocycles. The Morgan fingerprint density at radius 2 is 1.70 bits per heavy atom. The quantitative estimate of drug-likeness (QED) is 0.668. The molecule has 6 nitrogen and oxygen atoms in total. The van der Waals surface area contributed by atoms with Crippen LogP contribution in [-0.2, 0) is 4.79 Å². The van der Waals surface area contributed by atoms with E-state index < -0.39 is 17.7 Å². The topological polar surface area (TPSA) is 92.5 Å². The summed E-state index contributed by atoms with van der Waals surface area (Å²) in [4.78, 5) is 37.6. The van der Waals surface area contributed by atoms with Crippen LogP contribution in [0.3, 0.4) is 0 Å². The number of nitrogens with two attached hydrogens (primary N) is 1. The van der Waals surface area contributed by atoms with Crippen molar-refractivity contribution in [2.24, 2.45) is 0 Å². The second-order valence-corrected chi connectivity index (χ2v) is 5.36. The highest BCUT2D eigenvalue weighted by Gasteiger charge is 2.36. The van der Waals surface area contributed by atoms with Crippen LogP contribution in [0, 0.1) is 6.92 Å². The Balaban J connectivity index is 1.76. The van der Waals surface area contributed by atoms with Crippen molar-refractivity contribution in [3.05, 3.63) is 59.2 Å². The van der Waals surface area contributed by atoms with E-state index >= 15 is 0 Å². The lowest BCUT2D eigenvalue weighted by Gasteiger charge is -2.14. The number of nitrogens with zero attached hydrogens (tertiary/aromatic N) is 1. The zero-order valence-corrected chi connectivity index (χ0v) is 12.5. The monoisotopic (exact) mass is 309 g/mol. The summed E-state index contributed by atoms with van der Waals surface area (Å²) < 4.78 is 0. The molecule has 0 atom stereocenters. The van der Waals surface area contributed by atoms with Gasteiger partial charge in [-0.1, -0.05) is 18.2 Å². The molecule has 6 heteroatoms. The van der Waals surface area contributed by atoms with Crippen LogP contribution >= 0.6 is 0 Å². The van der Waals surface area contributed by atoms with Gasteiger partial charge in [-0.25, -0.2) is 0 Å². The number of nitrogens with one attached hydrogen (secondary N) is 1. The van der Waals surface area contributed by atoms with Crippen molar-refractivity contribution in [3.8, 4) is 0 Å². The van der Waals surface area contributed by atoms with Crippen LogP contribution in [0.15, 0.2) is 42.5 Å². The Morgan fingerprint density at radius 3 is 2.30 bits per heavy atom. The van der Waals surface area contributed by atoms with Crippen LogP contribution in [0.4, 0.5) is 11.4 Å². The van der Waals surface area contributed by atoms with Crippen LogP contribution in [-0.4, -0.2) is 29.2 Å². The molecule has 2 aromatic carbocycles. The minimum atomic E-state index is -0.454. The molecule has 0 unspecified atom stereocenters. The smallest absolute Gasteiger partial charge is 0.262 e. The summed E-state index contributed by atoms with van der Waals surface area (Å²) in [5.41, 5.74) is 8.27.